The second kappa shape index (κ2) is 3.40. The molecule has 0 amide bonds. The lowest BCUT2D eigenvalue weighted by Crippen LogP contribution is -2.24. The van der Waals surface area contributed by atoms with Crippen molar-refractivity contribution in [3.05, 3.63) is 0 Å². The summed E-state index contributed by atoms with van der Waals surface area (Å²) < 4.78 is 10.0. The molecule has 2 atom stereocenters. The Morgan fingerprint density at radius 2 is 2.55 bits per heavy atom. The van der Waals surface area contributed by atoms with Crippen LogP contribution in [0.3, 0.4) is 0 Å². The third kappa shape index (κ3) is 1.95. The summed E-state index contributed by atoms with van der Waals surface area (Å²) in [6, 6.07) is 0. The standard InChI is InChI=1S/C8H10O3/c1-3-7-8(4-5-10-7)11-6(2)9/h1,7-8H,4-5H2,2H3. The van der Waals surface area contributed by atoms with Crippen molar-refractivity contribution in [1.29, 1.82) is 0 Å². The molecular weight excluding hydrogens is 144 g/mol. The quantitative estimate of drug-likeness (QED) is 0.403. The second-order valence-electron chi connectivity index (χ2n) is 2.39. The van der Waals surface area contributed by atoms with Gasteiger partial charge in [0.2, 0.25) is 0 Å². The molecule has 0 aromatic rings. The Labute approximate surface area is 65.7 Å². The van der Waals surface area contributed by atoms with E-state index in [0.29, 0.717) is 13.0 Å². The third-order valence-electron chi connectivity index (χ3n) is 1.52. The van der Waals surface area contributed by atoms with Gasteiger partial charge in [-0.1, -0.05) is 5.92 Å². The normalized spacial score (nSPS) is 29.5. The van der Waals surface area contributed by atoms with Gasteiger partial charge in [0, 0.05) is 13.3 Å². The molecule has 11 heavy (non-hydrogen) atoms. The largest absolute Gasteiger partial charge is 0.459 e. The fourth-order valence-electron chi connectivity index (χ4n) is 1.06. The van der Waals surface area contributed by atoms with Crippen LogP contribution in [0.5, 0.6) is 0 Å². The molecule has 0 aromatic carbocycles. The Bertz CT molecular complexity index is 192. The summed E-state index contributed by atoms with van der Waals surface area (Å²) in [7, 11) is 0. The molecule has 0 spiro atoms. The zero-order valence-electron chi connectivity index (χ0n) is 6.37. The van der Waals surface area contributed by atoms with Crippen molar-refractivity contribution in [2.75, 3.05) is 6.61 Å². The maximum Gasteiger partial charge on any atom is 0.303 e. The van der Waals surface area contributed by atoms with Gasteiger partial charge < -0.3 is 9.47 Å². The van der Waals surface area contributed by atoms with Crippen LogP contribution in [-0.4, -0.2) is 24.8 Å². The van der Waals surface area contributed by atoms with E-state index in [4.69, 9.17) is 15.9 Å². The molecule has 3 heteroatoms. The van der Waals surface area contributed by atoms with E-state index in [1.54, 1.807) is 0 Å². The van der Waals surface area contributed by atoms with Crippen LogP contribution in [0.1, 0.15) is 13.3 Å². The van der Waals surface area contributed by atoms with Crippen LogP contribution < -0.4 is 0 Å². The highest BCUT2D eigenvalue weighted by molar-refractivity contribution is 5.66. The summed E-state index contributed by atoms with van der Waals surface area (Å²) in [6.45, 7) is 1.94. The lowest BCUT2D eigenvalue weighted by molar-refractivity contribution is -0.147. The van der Waals surface area contributed by atoms with E-state index in [-0.39, 0.29) is 18.2 Å². The molecule has 0 radical (unpaired) electrons. The van der Waals surface area contributed by atoms with Gasteiger partial charge in [0.05, 0.1) is 6.61 Å². The van der Waals surface area contributed by atoms with Crippen molar-refractivity contribution >= 4 is 5.97 Å². The maximum absolute atomic E-state index is 10.5. The van der Waals surface area contributed by atoms with E-state index in [1.165, 1.54) is 6.92 Å². The first kappa shape index (κ1) is 8.09. The lowest BCUT2D eigenvalue weighted by Gasteiger charge is -2.12. The molecule has 60 valence electrons. The number of rotatable bonds is 1. The first-order chi connectivity index (χ1) is 5.24. The van der Waals surface area contributed by atoms with Crippen LogP contribution >= 0.6 is 0 Å². The number of hydrogen-bond donors (Lipinski definition) is 0. The Kier molecular flexibility index (Phi) is 2.50. The van der Waals surface area contributed by atoms with Crippen LogP contribution in [0.25, 0.3) is 0 Å². The Hall–Kier alpha value is -1.01. The zero-order chi connectivity index (χ0) is 8.27. The average molecular weight is 154 g/mol. The van der Waals surface area contributed by atoms with E-state index in [1.807, 2.05) is 0 Å². The number of hydrogen-bond acceptors (Lipinski definition) is 3. The third-order valence-corrected chi connectivity index (χ3v) is 1.52. The molecule has 3 nitrogen and oxygen atoms in total. The Balaban J connectivity index is 2.45. The molecule has 0 aromatic heterocycles. The number of carbonyl (C=O) groups excluding carboxylic acids is 1. The molecule has 1 aliphatic heterocycles. The topological polar surface area (TPSA) is 35.5 Å². The maximum atomic E-state index is 10.5. The molecule has 1 saturated heterocycles. The molecule has 0 bridgehead atoms. The van der Waals surface area contributed by atoms with Crippen molar-refractivity contribution < 1.29 is 14.3 Å². The number of terminal acetylenes is 1. The van der Waals surface area contributed by atoms with Crippen molar-refractivity contribution in [1.82, 2.24) is 0 Å². The van der Waals surface area contributed by atoms with Crippen molar-refractivity contribution in [2.45, 2.75) is 25.6 Å². The SMILES string of the molecule is C#CC1OCCC1OC(C)=O. The number of ether oxygens (including phenoxy) is 2. The molecule has 0 aliphatic carbocycles. The van der Waals surface area contributed by atoms with Gasteiger partial charge in [-0.05, 0) is 0 Å². The smallest absolute Gasteiger partial charge is 0.303 e. The van der Waals surface area contributed by atoms with Crippen molar-refractivity contribution in [3.8, 4) is 12.3 Å². The van der Waals surface area contributed by atoms with Crippen LogP contribution in [0, 0.1) is 12.3 Å². The highest BCUT2D eigenvalue weighted by Gasteiger charge is 2.28. The van der Waals surface area contributed by atoms with E-state index in [2.05, 4.69) is 5.92 Å². The summed E-state index contributed by atoms with van der Waals surface area (Å²) in [6.07, 6.45) is 5.25. The molecule has 2 unspecified atom stereocenters. The van der Waals surface area contributed by atoms with Crippen molar-refractivity contribution in [2.24, 2.45) is 0 Å². The van der Waals surface area contributed by atoms with Gasteiger partial charge in [0.25, 0.3) is 0 Å². The van der Waals surface area contributed by atoms with Gasteiger partial charge >= 0.3 is 5.97 Å². The van der Waals surface area contributed by atoms with Crippen LogP contribution in [-0.2, 0) is 14.3 Å². The number of carbonyl (C=O) groups is 1. The lowest BCUT2D eigenvalue weighted by atomic mass is 10.2. The van der Waals surface area contributed by atoms with Gasteiger partial charge in [-0.3, -0.25) is 4.79 Å². The van der Waals surface area contributed by atoms with E-state index in [0.717, 1.165) is 0 Å². The highest BCUT2D eigenvalue weighted by Crippen LogP contribution is 2.16. The molecular formula is C8H10O3. The summed E-state index contributed by atoms with van der Waals surface area (Å²) >= 11 is 0. The zero-order valence-corrected chi connectivity index (χ0v) is 6.37. The van der Waals surface area contributed by atoms with Crippen molar-refractivity contribution in [3.63, 3.8) is 0 Å². The fourth-order valence-corrected chi connectivity index (χ4v) is 1.06. The highest BCUT2D eigenvalue weighted by atomic mass is 16.6. The molecule has 1 heterocycles. The molecule has 0 saturated carbocycles. The second-order valence-corrected chi connectivity index (χ2v) is 2.39. The Morgan fingerprint density at radius 3 is 3.09 bits per heavy atom. The first-order valence-corrected chi connectivity index (χ1v) is 3.49. The van der Waals surface area contributed by atoms with Gasteiger partial charge in [-0.15, -0.1) is 6.42 Å². The summed E-state index contributed by atoms with van der Waals surface area (Å²) in [5.74, 6) is 2.12. The fraction of sp³-hybridized carbons (Fsp3) is 0.625. The minimum Gasteiger partial charge on any atom is -0.459 e. The molecule has 0 N–H and O–H groups in total. The minimum atomic E-state index is -0.348. The average Bonchev–Trinajstić information content (AvgIpc) is 2.34. The van der Waals surface area contributed by atoms with E-state index < -0.39 is 0 Å². The van der Waals surface area contributed by atoms with Crippen LogP contribution in [0.15, 0.2) is 0 Å². The predicted molar refractivity (Wildman–Crippen MR) is 38.7 cm³/mol. The minimum absolute atomic E-state index is 0.238. The van der Waals surface area contributed by atoms with E-state index in [9.17, 15) is 4.79 Å². The molecule has 1 aliphatic rings. The van der Waals surface area contributed by atoms with Gasteiger partial charge in [-0.25, -0.2) is 0 Å². The monoisotopic (exact) mass is 154 g/mol. The Morgan fingerprint density at radius 1 is 1.82 bits per heavy atom. The summed E-state index contributed by atoms with van der Waals surface area (Å²) in [5.41, 5.74) is 0. The molecule has 1 rings (SSSR count). The molecule has 1 fully saturated rings. The van der Waals surface area contributed by atoms with Crippen LogP contribution in [0.2, 0.25) is 0 Å². The van der Waals surface area contributed by atoms with Gasteiger partial charge in [-0.2, -0.15) is 0 Å². The number of esters is 1. The summed E-state index contributed by atoms with van der Waals surface area (Å²) in [5, 5.41) is 0. The first-order valence-electron chi connectivity index (χ1n) is 3.49. The van der Waals surface area contributed by atoms with Crippen LogP contribution in [0.4, 0.5) is 0 Å². The summed E-state index contributed by atoms with van der Waals surface area (Å²) in [4.78, 5) is 10.5. The van der Waals surface area contributed by atoms with Gasteiger partial charge in [0.1, 0.15) is 6.10 Å². The van der Waals surface area contributed by atoms with E-state index >= 15 is 0 Å². The predicted octanol–water partition coefficient (Wildman–Crippen LogP) is 0.340. The van der Waals surface area contributed by atoms with Gasteiger partial charge in [0.15, 0.2) is 6.10 Å².